The Hall–Kier alpha value is -2.18. The lowest BCUT2D eigenvalue weighted by atomic mass is 9.59. The van der Waals surface area contributed by atoms with Gasteiger partial charge >= 0.3 is 0 Å². The number of carbonyl (C=O) groups is 3. The topological polar surface area (TPSA) is 66.5 Å². The van der Waals surface area contributed by atoms with E-state index in [1.54, 1.807) is 0 Å². The van der Waals surface area contributed by atoms with Crippen LogP contribution < -0.4 is 10.8 Å². The van der Waals surface area contributed by atoms with Gasteiger partial charge in [-0.05, 0) is 24.1 Å². The third-order valence-electron chi connectivity index (χ3n) is 4.17. The van der Waals surface area contributed by atoms with Crippen molar-refractivity contribution in [1.82, 2.24) is 10.2 Å². The van der Waals surface area contributed by atoms with Crippen molar-refractivity contribution >= 4 is 30.5 Å². The van der Waals surface area contributed by atoms with Crippen LogP contribution in [0.25, 0.3) is 0 Å². The monoisotopic (exact) mass is 315 g/mol. The highest BCUT2D eigenvalue weighted by atomic mass is 19.1. The van der Waals surface area contributed by atoms with Crippen LogP contribution in [-0.2, 0) is 16.1 Å². The number of piperidine rings is 1. The van der Waals surface area contributed by atoms with E-state index in [1.807, 2.05) is 21.1 Å². The second kappa shape index (κ2) is 5.79. The molecule has 0 saturated carbocycles. The van der Waals surface area contributed by atoms with Crippen LogP contribution in [0.1, 0.15) is 42.6 Å². The number of hydrogen-bond donors (Lipinski definition) is 1. The zero-order valence-corrected chi connectivity index (χ0v) is 13.1. The summed E-state index contributed by atoms with van der Waals surface area (Å²) in [4.78, 5) is 37.3. The van der Waals surface area contributed by atoms with E-state index in [4.69, 9.17) is 0 Å². The molecule has 1 unspecified atom stereocenters. The fourth-order valence-corrected chi connectivity index (χ4v) is 3.16. The number of amides is 3. The first-order valence-electron chi connectivity index (χ1n) is 7.68. The summed E-state index contributed by atoms with van der Waals surface area (Å²) in [6, 6.07) is 1.96. The molecule has 2 heterocycles. The standard InChI is InChI=1S/C16H17BFN2O3/c1-8(2)17-12-6-9(18)5-10-11(12)7-20(16(10)23)13-3-4-14(21)19-15(13)22/h5-6,8,13H,3-4,7H2,1-2H3,(H,19,21,22). The first kappa shape index (κ1) is 15.7. The summed E-state index contributed by atoms with van der Waals surface area (Å²) >= 11 is 0. The molecule has 0 bridgehead atoms. The fourth-order valence-electron chi connectivity index (χ4n) is 3.16. The molecule has 1 aromatic rings. The molecule has 3 rings (SSSR count). The molecule has 7 heteroatoms. The first-order valence-corrected chi connectivity index (χ1v) is 7.68. The lowest BCUT2D eigenvalue weighted by Gasteiger charge is -2.29. The molecule has 0 aromatic heterocycles. The highest BCUT2D eigenvalue weighted by Gasteiger charge is 2.40. The third kappa shape index (κ3) is 2.87. The van der Waals surface area contributed by atoms with Crippen LogP contribution >= 0.6 is 0 Å². The van der Waals surface area contributed by atoms with E-state index in [9.17, 15) is 18.8 Å². The van der Waals surface area contributed by atoms with Crippen LogP contribution in [0.2, 0.25) is 5.82 Å². The minimum absolute atomic E-state index is 0.204. The van der Waals surface area contributed by atoms with Gasteiger partial charge in [-0.25, -0.2) is 4.39 Å². The normalized spacial score (nSPS) is 20.8. The van der Waals surface area contributed by atoms with Crippen molar-refractivity contribution in [2.75, 3.05) is 0 Å². The van der Waals surface area contributed by atoms with E-state index >= 15 is 0 Å². The third-order valence-corrected chi connectivity index (χ3v) is 4.17. The van der Waals surface area contributed by atoms with Crippen molar-refractivity contribution in [3.05, 3.63) is 29.1 Å². The SMILES string of the molecule is CC(C)[B]c1cc(F)cc2c1CN(C1CCC(=O)NC1=O)C2=O. The maximum absolute atomic E-state index is 13.8. The summed E-state index contributed by atoms with van der Waals surface area (Å²) in [5, 5.41) is 2.26. The largest absolute Gasteiger partial charge is 0.322 e. The van der Waals surface area contributed by atoms with Crippen LogP contribution in [0.5, 0.6) is 0 Å². The van der Waals surface area contributed by atoms with Crippen LogP contribution in [0.3, 0.4) is 0 Å². The smallest absolute Gasteiger partial charge is 0.255 e. The summed E-state index contributed by atoms with van der Waals surface area (Å²) < 4.78 is 13.8. The molecule has 1 aromatic carbocycles. The van der Waals surface area contributed by atoms with Crippen molar-refractivity contribution in [3.63, 3.8) is 0 Å². The van der Waals surface area contributed by atoms with Gasteiger partial charge in [-0.15, -0.1) is 0 Å². The Balaban J connectivity index is 1.92. The van der Waals surface area contributed by atoms with Gasteiger partial charge in [0.05, 0.1) is 0 Å². The average molecular weight is 315 g/mol. The van der Waals surface area contributed by atoms with Gasteiger partial charge in [0, 0.05) is 18.5 Å². The second-order valence-corrected chi connectivity index (χ2v) is 6.33. The van der Waals surface area contributed by atoms with E-state index in [0.29, 0.717) is 17.4 Å². The maximum Gasteiger partial charge on any atom is 0.255 e. The molecular formula is C16H17BFN2O3. The van der Waals surface area contributed by atoms with Gasteiger partial charge in [-0.2, -0.15) is 0 Å². The minimum atomic E-state index is -0.678. The molecule has 1 saturated heterocycles. The quantitative estimate of drug-likeness (QED) is 0.661. The van der Waals surface area contributed by atoms with Crippen LogP contribution in [0.15, 0.2) is 12.1 Å². The van der Waals surface area contributed by atoms with Crippen molar-refractivity contribution in [2.45, 2.75) is 45.1 Å². The minimum Gasteiger partial charge on any atom is -0.322 e. The zero-order valence-electron chi connectivity index (χ0n) is 13.1. The van der Waals surface area contributed by atoms with Gasteiger partial charge in [0.15, 0.2) is 7.28 Å². The van der Waals surface area contributed by atoms with E-state index in [-0.39, 0.29) is 30.6 Å². The van der Waals surface area contributed by atoms with Crippen LogP contribution in [0, 0.1) is 5.82 Å². The molecule has 2 aliphatic heterocycles. The van der Waals surface area contributed by atoms with Gasteiger partial charge in [-0.3, -0.25) is 19.7 Å². The lowest BCUT2D eigenvalue weighted by Crippen LogP contribution is -2.52. The second-order valence-electron chi connectivity index (χ2n) is 6.33. The number of nitrogens with one attached hydrogen (secondary N) is 1. The number of rotatable bonds is 3. The molecule has 1 fully saturated rings. The number of hydrogen-bond acceptors (Lipinski definition) is 3. The zero-order chi connectivity index (χ0) is 16.7. The Morgan fingerprint density at radius 3 is 2.70 bits per heavy atom. The molecule has 5 nitrogen and oxygen atoms in total. The summed E-state index contributed by atoms with van der Waals surface area (Å²) in [5.41, 5.74) is 1.74. The Morgan fingerprint density at radius 2 is 2.04 bits per heavy atom. The molecule has 23 heavy (non-hydrogen) atoms. The first-order chi connectivity index (χ1) is 10.9. The van der Waals surface area contributed by atoms with Crippen LogP contribution in [-0.4, -0.2) is 35.9 Å². The van der Waals surface area contributed by atoms with E-state index < -0.39 is 17.8 Å². The summed E-state index contributed by atoms with van der Waals surface area (Å²) in [6.07, 6.45) is 0.506. The predicted octanol–water partition coefficient (Wildman–Crippen LogP) is 0.744. The van der Waals surface area contributed by atoms with Gasteiger partial charge in [0.1, 0.15) is 11.9 Å². The van der Waals surface area contributed by atoms with Crippen molar-refractivity contribution < 1.29 is 18.8 Å². The molecule has 0 aliphatic carbocycles. The molecule has 1 N–H and O–H groups in total. The average Bonchev–Trinajstić information content (AvgIpc) is 2.76. The van der Waals surface area contributed by atoms with Gasteiger partial charge in [0.2, 0.25) is 11.8 Å². The molecule has 2 aliphatic rings. The Labute approximate surface area is 134 Å². The summed E-state index contributed by atoms with van der Waals surface area (Å²) in [6.45, 7) is 4.22. The lowest BCUT2D eigenvalue weighted by molar-refractivity contribution is -0.136. The number of carbonyl (C=O) groups excluding carboxylic acids is 3. The van der Waals surface area contributed by atoms with Gasteiger partial charge in [-0.1, -0.05) is 25.1 Å². The maximum atomic E-state index is 13.8. The molecule has 3 amide bonds. The molecule has 1 radical (unpaired) electrons. The van der Waals surface area contributed by atoms with Crippen molar-refractivity contribution in [1.29, 1.82) is 0 Å². The number of nitrogens with zero attached hydrogens (tertiary/aromatic N) is 1. The van der Waals surface area contributed by atoms with E-state index in [2.05, 4.69) is 5.32 Å². The van der Waals surface area contributed by atoms with E-state index in [0.717, 1.165) is 5.56 Å². The Kier molecular flexibility index (Phi) is 3.96. The molecular weight excluding hydrogens is 298 g/mol. The summed E-state index contributed by atoms with van der Waals surface area (Å²) in [7, 11) is 1.91. The van der Waals surface area contributed by atoms with E-state index in [1.165, 1.54) is 17.0 Å². The fraction of sp³-hybridized carbons (Fsp3) is 0.438. The number of imide groups is 1. The number of benzene rings is 1. The number of fused-ring (bicyclic) bond motifs is 1. The molecule has 119 valence electrons. The molecule has 1 atom stereocenters. The highest BCUT2D eigenvalue weighted by Crippen LogP contribution is 2.27. The molecule has 0 spiro atoms. The highest BCUT2D eigenvalue weighted by molar-refractivity contribution is 6.55. The van der Waals surface area contributed by atoms with Gasteiger partial charge in [0.25, 0.3) is 5.91 Å². The Bertz CT molecular complexity index is 705. The summed E-state index contributed by atoms with van der Waals surface area (Å²) in [5.74, 6) is -1.39. The number of halogens is 1. The van der Waals surface area contributed by atoms with Crippen LogP contribution in [0.4, 0.5) is 4.39 Å². The Morgan fingerprint density at radius 1 is 1.30 bits per heavy atom. The van der Waals surface area contributed by atoms with Gasteiger partial charge < -0.3 is 4.90 Å². The van der Waals surface area contributed by atoms with Crippen molar-refractivity contribution in [3.8, 4) is 0 Å². The predicted molar refractivity (Wildman–Crippen MR) is 82.9 cm³/mol. The van der Waals surface area contributed by atoms with Crippen molar-refractivity contribution in [2.24, 2.45) is 0 Å².